The average Bonchev–Trinajstić information content (AvgIpc) is 2.50. The third-order valence-corrected chi connectivity index (χ3v) is 3.84. The Bertz CT molecular complexity index is 580. The Morgan fingerprint density at radius 3 is 2.43 bits per heavy atom. The van der Waals surface area contributed by atoms with Gasteiger partial charge in [0.05, 0.1) is 13.2 Å². The van der Waals surface area contributed by atoms with E-state index in [2.05, 4.69) is 43.4 Å². The first-order chi connectivity index (χ1) is 10.2. The molecule has 0 heterocycles. The predicted octanol–water partition coefficient (Wildman–Crippen LogP) is 4.75. The van der Waals surface area contributed by atoms with Gasteiger partial charge in [-0.25, -0.2) is 0 Å². The van der Waals surface area contributed by atoms with Gasteiger partial charge in [0.25, 0.3) is 0 Å². The van der Waals surface area contributed by atoms with Gasteiger partial charge < -0.3 is 10.1 Å². The first-order valence-corrected chi connectivity index (χ1v) is 7.67. The van der Waals surface area contributed by atoms with Gasteiger partial charge in [0.15, 0.2) is 0 Å². The van der Waals surface area contributed by atoms with Crippen molar-refractivity contribution in [2.45, 2.75) is 26.3 Å². The Labute approximate surface area is 132 Å². The number of aryl methyl sites for hydroxylation is 1. The van der Waals surface area contributed by atoms with Crippen LogP contribution in [0.4, 0.5) is 0 Å². The number of ether oxygens (including phenoxy) is 1. The number of nitrogens with one attached hydrogen (secondary N) is 1. The number of hydrogen-bond acceptors (Lipinski definition) is 2. The molecule has 0 aromatic heterocycles. The highest BCUT2D eigenvalue weighted by Crippen LogP contribution is 2.30. The van der Waals surface area contributed by atoms with Crippen molar-refractivity contribution in [2.24, 2.45) is 0 Å². The van der Waals surface area contributed by atoms with Crippen LogP contribution in [0.1, 0.15) is 36.1 Å². The van der Waals surface area contributed by atoms with E-state index in [1.807, 2.05) is 18.2 Å². The molecule has 2 nitrogen and oxygen atoms in total. The van der Waals surface area contributed by atoms with Crippen LogP contribution in [0.2, 0.25) is 5.02 Å². The SMILES string of the molecule is CCCNC(c1ccc(OC)cc1)c1ccc(C)cc1Cl. The zero-order valence-electron chi connectivity index (χ0n) is 12.8. The minimum Gasteiger partial charge on any atom is -0.497 e. The fourth-order valence-corrected chi connectivity index (χ4v) is 2.70. The summed E-state index contributed by atoms with van der Waals surface area (Å²) < 4.78 is 5.23. The molecule has 0 saturated carbocycles. The summed E-state index contributed by atoms with van der Waals surface area (Å²) in [5.41, 5.74) is 3.48. The topological polar surface area (TPSA) is 21.3 Å². The van der Waals surface area contributed by atoms with Gasteiger partial charge in [-0.1, -0.05) is 42.8 Å². The number of rotatable bonds is 6. The molecule has 112 valence electrons. The van der Waals surface area contributed by atoms with Crippen LogP contribution in [0.5, 0.6) is 5.75 Å². The Morgan fingerprint density at radius 1 is 1.14 bits per heavy atom. The van der Waals surface area contributed by atoms with Crippen molar-refractivity contribution in [3.8, 4) is 5.75 Å². The Morgan fingerprint density at radius 2 is 1.86 bits per heavy atom. The highest BCUT2D eigenvalue weighted by Gasteiger charge is 2.16. The van der Waals surface area contributed by atoms with E-state index < -0.39 is 0 Å². The van der Waals surface area contributed by atoms with Crippen molar-refractivity contribution in [1.29, 1.82) is 0 Å². The van der Waals surface area contributed by atoms with Crippen LogP contribution in [-0.2, 0) is 0 Å². The van der Waals surface area contributed by atoms with Crippen molar-refractivity contribution in [3.63, 3.8) is 0 Å². The lowest BCUT2D eigenvalue weighted by molar-refractivity contribution is 0.414. The van der Waals surface area contributed by atoms with Crippen molar-refractivity contribution in [1.82, 2.24) is 5.32 Å². The lowest BCUT2D eigenvalue weighted by atomic mass is 9.97. The summed E-state index contributed by atoms with van der Waals surface area (Å²) >= 11 is 6.45. The molecule has 1 atom stereocenters. The van der Waals surface area contributed by atoms with E-state index >= 15 is 0 Å². The zero-order chi connectivity index (χ0) is 15.2. The minimum atomic E-state index is 0.101. The largest absolute Gasteiger partial charge is 0.497 e. The molecule has 2 aromatic rings. The number of halogens is 1. The van der Waals surface area contributed by atoms with Gasteiger partial charge in [-0.05, 0) is 54.8 Å². The monoisotopic (exact) mass is 303 g/mol. The van der Waals surface area contributed by atoms with Crippen LogP contribution >= 0.6 is 11.6 Å². The summed E-state index contributed by atoms with van der Waals surface area (Å²) in [5, 5.41) is 4.38. The highest BCUT2D eigenvalue weighted by atomic mass is 35.5. The van der Waals surface area contributed by atoms with Crippen molar-refractivity contribution < 1.29 is 4.74 Å². The van der Waals surface area contributed by atoms with Gasteiger partial charge in [-0.3, -0.25) is 0 Å². The summed E-state index contributed by atoms with van der Waals surface area (Å²) in [4.78, 5) is 0. The minimum absolute atomic E-state index is 0.101. The van der Waals surface area contributed by atoms with E-state index in [-0.39, 0.29) is 6.04 Å². The molecule has 0 bridgehead atoms. The summed E-state index contributed by atoms with van der Waals surface area (Å²) in [6.45, 7) is 5.16. The maximum Gasteiger partial charge on any atom is 0.118 e. The van der Waals surface area contributed by atoms with Crippen LogP contribution < -0.4 is 10.1 Å². The van der Waals surface area contributed by atoms with Crippen LogP contribution in [-0.4, -0.2) is 13.7 Å². The Balaban J connectivity index is 2.36. The van der Waals surface area contributed by atoms with E-state index in [4.69, 9.17) is 16.3 Å². The maximum absolute atomic E-state index is 6.45. The molecule has 0 amide bonds. The van der Waals surface area contributed by atoms with Gasteiger partial charge in [0.2, 0.25) is 0 Å². The van der Waals surface area contributed by atoms with Gasteiger partial charge >= 0.3 is 0 Å². The van der Waals surface area contributed by atoms with Crippen molar-refractivity contribution in [2.75, 3.05) is 13.7 Å². The molecule has 0 aliphatic carbocycles. The second-order valence-corrected chi connectivity index (χ2v) is 5.59. The van der Waals surface area contributed by atoms with Crippen molar-refractivity contribution >= 4 is 11.6 Å². The first-order valence-electron chi connectivity index (χ1n) is 7.29. The predicted molar refractivity (Wildman–Crippen MR) is 89.3 cm³/mol. The lowest BCUT2D eigenvalue weighted by Crippen LogP contribution is -2.23. The molecule has 0 saturated heterocycles. The molecule has 3 heteroatoms. The van der Waals surface area contributed by atoms with Crippen LogP contribution in [0.25, 0.3) is 0 Å². The Hall–Kier alpha value is -1.51. The van der Waals surface area contributed by atoms with E-state index in [1.165, 1.54) is 11.1 Å². The molecule has 0 aliphatic rings. The summed E-state index contributed by atoms with van der Waals surface area (Å²) in [6, 6.07) is 14.5. The van der Waals surface area contributed by atoms with Crippen LogP contribution in [0.15, 0.2) is 42.5 Å². The van der Waals surface area contributed by atoms with E-state index in [0.717, 1.165) is 29.3 Å². The molecule has 1 unspecified atom stereocenters. The molecule has 0 fully saturated rings. The summed E-state index contributed by atoms with van der Waals surface area (Å²) in [6.07, 6.45) is 1.08. The fourth-order valence-electron chi connectivity index (χ4n) is 2.36. The standard InChI is InChI=1S/C18H22ClNO/c1-4-11-20-18(14-6-8-15(21-3)9-7-14)16-10-5-13(2)12-17(16)19/h5-10,12,18,20H,4,11H2,1-3H3. The summed E-state index contributed by atoms with van der Waals surface area (Å²) in [7, 11) is 1.68. The van der Waals surface area contributed by atoms with Crippen molar-refractivity contribution in [3.05, 3.63) is 64.2 Å². The molecular weight excluding hydrogens is 282 g/mol. The zero-order valence-corrected chi connectivity index (χ0v) is 13.6. The smallest absolute Gasteiger partial charge is 0.118 e. The van der Waals surface area contributed by atoms with Crippen LogP contribution in [0.3, 0.4) is 0 Å². The van der Waals surface area contributed by atoms with E-state index in [9.17, 15) is 0 Å². The quantitative estimate of drug-likeness (QED) is 0.832. The Kier molecular flexibility index (Phi) is 5.66. The highest BCUT2D eigenvalue weighted by molar-refractivity contribution is 6.31. The average molecular weight is 304 g/mol. The molecule has 2 aromatic carbocycles. The maximum atomic E-state index is 6.45. The summed E-state index contributed by atoms with van der Waals surface area (Å²) in [5.74, 6) is 0.864. The lowest BCUT2D eigenvalue weighted by Gasteiger charge is -2.21. The number of hydrogen-bond donors (Lipinski definition) is 1. The third-order valence-electron chi connectivity index (χ3n) is 3.51. The van der Waals surface area contributed by atoms with Gasteiger partial charge in [-0.2, -0.15) is 0 Å². The molecule has 21 heavy (non-hydrogen) atoms. The van der Waals surface area contributed by atoms with E-state index in [1.54, 1.807) is 7.11 Å². The molecule has 0 radical (unpaired) electrons. The number of benzene rings is 2. The molecule has 0 aliphatic heterocycles. The second kappa shape index (κ2) is 7.48. The third kappa shape index (κ3) is 3.99. The molecule has 1 N–H and O–H groups in total. The molecule has 0 spiro atoms. The number of methoxy groups -OCH3 is 1. The van der Waals surface area contributed by atoms with Gasteiger partial charge in [-0.15, -0.1) is 0 Å². The molecular formula is C18H22ClNO. The normalized spacial score (nSPS) is 12.2. The molecule has 2 rings (SSSR count). The van der Waals surface area contributed by atoms with Gasteiger partial charge in [0, 0.05) is 5.02 Å². The fraction of sp³-hybridized carbons (Fsp3) is 0.333. The van der Waals surface area contributed by atoms with Crippen LogP contribution in [0, 0.1) is 6.92 Å². The second-order valence-electron chi connectivity index (χ2n) is 5.19. The first kappa shape index (κ1) is 15.9. The van der Waals surface area contributed by atoms with Gasteiger partial charge in [0.1, 0.15) is 5.75 Å². The van der Waals surface area contributed by atoms with E-state index in [0.29, 0.717) is 0 Å².